The number of aliphatic hydroxyl groups excluding tert-OH is 1. The van der Waals surface area contributed by atoms with Crippen LogP contribution in [0.1, 0.15) is 41.0 Å². The van der Waals surface area contributed by atoms with Gasteiger partial charge in [-0.1, -0.05) is 0 Å². The molecule has 0 bridgehead atoms. The maximum Gasteiger partial charge on any atom is 0.525 e. The fourth-order valence-corrected chi connectivity index (χ4v) is 2.76. The Labute approximate surface area is 127 Å². The lowest BCUT2D eigenvalue weighted by molar-refractivity contribution is 0.00578. The molecular formula is C15H27BFNO3. The normalized spacial score (nSPS) is 29.9. The predicted molar refractivity (Wildman–Crippen MR) is 81.5 cm³/mol. The van der Waals surface area contributed by atoms with Crippen LogP contribution in [-0.2, 0) is 9.31 Å². The standard InChI is InChI=1S/C15H27BFNO3/c1-11(8-18-7-6-12(9-18)10-19)13(17)16-20-14(2,3)15(4,5)21-16/h12,19H,6-10H2,1-5H3. The Balaban J connectivity index is 2.00. The third-order valence-electron chi connectivity index (χ3n) is 4.96. The van der Waals surface area contributed by atoms with Crippen LogP contribution in [0.2, 0.25) is 0 Å². The van der Waals surface area contributed by atoms with E-state index in [9.17, 15) is 4.39 Å². The van der Waals surface area contributed by atoms with Crippen molar-refractivity contribution < 1.29 is 18.8 Å². The van der Waals surface area contributed by atoms with Crippen LogP contribution < -0.4 is 0 Å². The van der Waals surface area contributed by atoms with Crippen molar-refractivity contribution in [3.8, 4) is 0 Å². The Bertz CT molecular complexity index is 409. The maximum atomic E-state index is 14.6. The smallest absolute Gasteiger partial charge is 0.398 e. The van der Waals surface area contributed by atoms with Gasteiger partial charge in [0.25, 0.3) is 0 Å². The lowest BCUT2D eigenvalue weighted by Crippen LogP contribution is -2.41. The summed E-state index contributed by atoms with van der Waals surface area (Å²) in [5, 5.41) is 9.16. The third-order valence-corrected chi connectivity index (χ3v) is 4.96. The summed E-state index contributed by atoms with van der Waals surface area (Å²) >= 11 is 0. The van der Waals surface area contributed by atoms with E-state index >= 15 is 0 Å². The lowest BCUT2D eigenvalue weighted by Gasteiger charge is -2.32. The van der Waals surface area contributed by atoms with Crippen molar-refractivity contribution in [2.75, 3.05) is 26.2 Å². The van der Waals surface area contributed by atoms with Crippen LogP contribution >= 0.6 is 0 Å². The monoisotopic (exact) mass is 299 g/mol. The van der Waals surface area contributed by atoms with Gasteiger partial charge < -0.3 is 14.4 Å². The van der Waals surface area contributed by atoms with Crippen molar-refractivity contribution in [3.63, 3.8) is 0 Å². The molecule has 2 aliphatic heterocycles. The lowest BCUT2D eigenvalue weighted by atomic mass is 9.85. The number of hydrogen-bond donors (Lipinski definition) is 1. The average Bonchev–Trinajstić information content (AvgIpc) is 2.91. The van der Waals surface area contributed by atoms with E-state index in [1.165, 1.54) is 0 Å². The van der Waals surface area contributed by atoms with Crippen LogP contribution in [0.15, 0.2) is 11.3 Å². The van der Waals surface area contributed by atoms with E-state index in [2.05, 4.69) is 4.90 Å². The molecule has 2 saturated heterocycles. The molecule has 21 heavy (non-hydrogen) atoms. The third kappa shape index (κ3) is 3.50. The molecule has 0 saturated carbocycles. The predicted octanol–water partition coefficient (Wildman–Crippen LogP) is 2.18. The summed E-state index contributed by atoms with van der Waals surface area (Å²) < 4.78 is 26.1. The fourth-order valence-electron chi connectivity index (χ4n) is 2.76. The van der Waals surface area contributed by atoms with Crippen molar-refractivity contribution in [1.82, 2.24) is 4.90 Å². The summed E-state index contributed by atoms with van der Waals surface area (Å²) in [7, 11) is -0.911. The SMILES string of the molecule is CC(CN1CCC(CO)C1)=C(F)B1OC(C)(C)C(C)(C)O1. The Morgan fingerprint density at radius 3 is 2.33 bits per heavy atom. The van der Waals surface area contributed by atoms with Crippen molar-refractivity contribution in [2.24, 2.45) is 5.92 Å². The van der Waals surface area contributed by atoms with Crippen molar-refractivity contribution in [1.29, 1.82) is 0 Å². The highest BCUT2D eigenvalue weighted by molar-refractivity contribution is 6.53. The molecule has 1 N–H and O–H groups in total. The Kier molecular flexibility index (Phi) is 4.83. The minimum atomic E-state index is -0.911. The summed E-state index contributed by atoms with van der Waals surface area (Å²) in [5.41, 5.74) is -0.719. The summed E-state index contributed by atoms with van der Waals surface area (Å²) in [4.78, 5) is 2.17. The van der Waals surface area contributed by atoms with Gasteiger partial charge in [-0.15, -0.1) is 0 Å². The van der Waals surface area contributed by atoms with Gasteiger partial charge in [0.15, 0.2) is 0 Å². The first kappa shape index (κ1) is 16.9. The van der Waals surface area contributed by atoms with Crippen molar-refractivity contribution >= 4 is 7.12 Å². The van der Waals surface area contributed by atoms with Crippen molar-refractivity contribution in [2.45, 2.75) is 52.2 Å². The van der Waals surface area contributed by atoms with Crippen LogP contribution in [0.5, 0.6) is 0 Å². The first-order chi connectivity index (χ1) is 9.66. The molecule has 0 aromatic heterocycles. The highest BCUT2D eigenvalue weighted by atomic mass is 19.1. The first-order valence-electron chi connectivity index (χ1n) is 7.70. The van der Waals surface area contributed by atoms with E-state index in [4.69, 9.17) is 14.4 Å². The molecule has 0 aromatic carbocycles. The van der Waals surface area contributed by atoms with Crippen LogP contribution in [0.25, 0.3) is 0 Å². The van der Waals surface area contributed by atoms with Gasteiger partial charge in [-0.25, -0.2) is 4.39 Å². The fraction of sp³-hybridized carbons (Fsp3) is 0.867. The molecular weight excluding hydrogens is 272 g/mol. The molecule has 0 aromatic rings. The van der Waals surface area contributed by atoms with Crippen LogP contribution in [0, 0.1) is 5.92 Å². The molecule has 0 radical (unpaired) electrons. The number of rotatable bonds is 4. The number of halogens is 1. The van der Waals surface area contributed by atoms with Crippen LogP contribution in [0.3, 0.4) is 0 Å². The molecule has 0 spiro atoms. The zero-order valence-corrected chi connectivity index (χ0v) is 13.8. The molecule has 1 atom stereocenters. The molecule has 4 nitrogen and oxygen atoms in total. The molecule has 1 unspecified atom stereocenters. The molecule has 120 valence electrons. The van der Waals surface area contributed by atoms with E-state index in [0.29, 0.717) is 18.0 Å². The van der Waals surface area contributed by atoms with E-state index in [-0.39, 0.29) is 12.3 Å². The van der Waals surface area contributed by atoms with Gasteiger partial charge in [-0.3, -0.25) is 4.90 Å². The summed E-state index contributed by atoms with van der Waals surface area (Å²) in [5.74, 6) is 0.317. The zero-order chi connectivity index (χ0) is 15.8. The topological polar surface area (TPSA) is 41.9 Å². The van der Waals surface area contributed by atoms with Gasteiger partial charge >= 0.3 is 7.12 Å². The van der Waals surface area contributed by atoms with E-state index < -0.39 is 18.3 Å². The molecule has 2 rings (SSSR count). The molecule has 2 fully saturated rings. The highest BCUT2D eigenvalue weighted by Crippen LogP contribution is 2.39. The van der Waals surface area contributed by atoms with E-state index in [1.54, 1.807) is 6.92 Å². The van der Waals surface area contributed by atoms with Gasteiger partial charge in [-0.05, 0) is 59.1 Å². The van der Waals surface area contributed by atoms with Gasteiger partial charge in [0.2, 0.25) is 0 Å². The quantitative estimate of drug-likeness (QED) is 0.808. The summed E-state index contributed by atoms with van der Waals surface area (Å²) in [6.07, 6.45) is 0.974. The Morgan fingerprint density at radius 1 is 1.29 bits per heavy atom. The van der Waals surface area contributed by atoms with Gasteiger partial charge in [0.1, 0.15) is 5.73 Å². The number of hydrogen-bond acceptors (Lipinski definition) is 4. The van der Waals surface area contributed by atoms with E-state index in [0.717, 1.165) is 19.5 Å². The molecule has 0 amide bonds. The molecule has 2 aliphatic rings. The van der Waals surface area contributed by atoms with Crippen LogP contribution in [-0.4, -0.2) is 54.6 Å². The average molecular weight is 299 g/mol. The number of nitrogens with zero attached hydrogens (tertiary/aromatic N) is 1. The summed E-state index contributed by atoms with van der Waals surface area (Å²) in [6, 6.07) is 0. The van der Waals surface area contributed by atoms with Crippen molar-refractivity contribution in [3.05, 3.63) is 11.3 Å². The minimum absolute atomic E-state index is 0.207. The highest BCUT2D eigenvalue weighted by Gasteiger charge is 2.53. The Morgan fingerprint density at radius 2 is 1.86 bits per heavy atom. The second kappa shape index (κ2) is 5.99. The largest absolute Gasteiger partial charge is 0.525 e. The zero-order valence-electron chi connectivity index (χ0n) is 13.8. The minimum Gasteiger partial charge on any atom is -0.398 e. The Hall–Kier alpha value is -0.425. The molecule has 6 heteroatoms. The van der Waals surface area contributed by atoms with Gasteiger partial charge in [-0.2, -0.15) is 0 Å². The first-order valence-corrected chi connectivity index (χ1v) is 7.70. The van der Waals surface area contributed by atoms with Gasteiger partial charge in [0.05, 0.1) is 11.2 Å². The number of likely N-dealkylation sites (tertiary alicyclic amines) is 1. The maximum absolute atomic E-state index is 14.6. The second-order valence-electron chi connectivity index (χ2n) is 7.29. The van der Waals surface area contributed by atoms with E-state index in [1.807, 2.05) is 27.7 Å². The van der Waals surface area contributed by atoms with Crippen LogP contribution in [0.4, 0.5) is 4.39 Å². The molecule has 0 aliphatic carbocycles. The molecule has 2 heterocycles. The second-order valence-corrected chi connectivity index (χ2v) is 7.29. The number of aliphatic hydroxyl groups is 1. The van der Waals surface area contributed by atoms with Gasteiger partial charge in [0, 0.05) is 19.7 Å². The summed E-state index contributed by atoms with van der Waals surface area (Å²) in [6.45, 7) is 12.0.